The van der Waals surface area contributed by atoms with E-state index < -0.39 is 0 Å². The smallest absolute Gasteiger partial charge is 0.149 e. The molecule has 1 rings (SSSR count). The number of aliphatic imine (C=N–C) groups is 1. The Bertz CT molecular complexity index is 259. The highest BCUT2D eigenvalue weighted by Gasteiger charge is 2.00. The van der Waals surface area contributed by atoms with Gasteiger partial charge in [-0.1, -0.05) is 12.1 Å². The normalized spacial score (nSPS) is 10.8. The van der Waals surface area contributed by atoms with Crippen LogP contribution >= 0.6 is 0 Å². The van der Waals surface area contributed by atoms with Gasteiger partial charge in [0, 0.05) is 6.21 Å². The number of hydrogen-bond donors (Lipinski definition) is 0. The zero-order valence-electron chi connectivity index (χ0n) is 6.63. The van der Waals surface area contributed by atoms with E-state index in [4.69, 9.17) is 0 Å². The summed E-state index contributed by atoms with van der Waals surface area (Å²) in [6, 6.07) is 4.93. The summed E-state index contributed by atoms with van der Waals surface area (Å²) in [5.41, 5.74) is 1.30. The summed E-state index contributed by atoms with van der Waals surface area (Å²) in [6.45, 7) is 3.61. The maximum atomic E-state index is 12.9. The van der Waals surface area contributed by atoms with Gasteiger partial charge in [-0.2, -0.15) is 0 Å². The van der Waals surface area contributed by atoms with Gasteiger partial charge in [0.2, 0.25) is 0 Å². The van der Waals surface area contributed by atoms with Gasteiger partial charge >= 0.3 is 0 Å². The second kappa shape index (κ2) is 3.28. The van der Waals surface area contributed by atoms with Gasteiger partial charge in [-0.05, 0) is 25.5 Å². The molecule has 2 heteroatoms. The highest BCUT2D eigenvalue weighted by molar-refractivity contribution is 5.62. The van der Waals surface area contributed by atoms with Crippen LogP contribution < -0.4 is 0 Å². The third kappa shape index (κ3) is 1.64. The Morgan fingerprint density at radius 3 is 2.73 bits per heavy atom. The van der Waals surface area contributed by atoms with E-state index in [-0.39, 0.29) is 5.82 Å². The van der Waals surface area contributed by atoms with Crippen LogP contribution in [0.15, 0.2) is 23.2 Å². The molecule has 58 valence electrons. The molecule has 1 aromatic rings. The lowest BCUT2D eigenvalue weighted by molar-refractivity contribution is 0.629. The molecule has 1 nitrogen and oxygen atoms in total. The molecule has 0 N–H and O–H groups in total. The first-order valence-corrected chi connectivity index (χ1v) is 3.49. The van der Waals surface area contributed by atoms with E-state index in [1.807, 2.05) is 13.0 Å². The molecule has 0 saturated heterocycles. The van der Waals surface area contributed by atoms with Crippen molar-refractivity contribution in [3.63, 3.8) is 0 Å². The van der Waals surface area contributed by atoms with E-state index in [1.165, 1.54) is 6.07 Å². The fourth-order valence-electron chi connectivity index (χ4n) is 0.916. The predicted octanol–water partition coefficient (Wildman–Crippen LogP) is 2.86. The maximum Gasteiger partial charge on any atom is 0.149 e. The Labute approximate surface area is 65.6 Å². The number of halogens is 1. The van der Waals surface area contributed by atoms with E-state index in [0.717, 1.165) is 5.56 Å². The topological polar surface area (TPSA) is 12.4 Å². The van der Waals surface area contributed by atoms with Crippen LogP contribution in [0.25, 0.3) is 0 Å². The van der Waals surface area contributed by atoms with Crippen molar-refractivity contribution in [1.29, 1.82) is 0 Å². The predicted molar refractivity (Wildman–Crippen MR) is 45.0 cm³/mol. The summed E-state index contributed by atoms with van der Waals surface area (Å²) in [7, 11) is 0. The second-order valence-electron chi connectivity index (χ2n) is 2.29. The van der Waals surface area contributed by atoms with Crippen LogP contribution in [-0.2, 0) is 0 Å². The summed E-state index contributed by atoms with van der Waals surface area (Å²) in [5.74, 6) is -0.261. The molecule has 0 atom stereocenters. The quantitative estimate of drug-likeness (QED) is 0.547. The fourth-order valence-corrected chi connectivity index (χ4v) is 0.916. The first-order chi connectivity index (χ1) is 5.25. The van der Waals surface area contributed by atoms with Crippen molar-refractivity contribution < 1.29 is 4.39 Å². The molecule has 0 aliphatic carbocycles. The highest BCUT2D eigenvalue weighted by Crippen LogP contribution is 2.21. The minimum Gasteiger partial charge on any atom is -0.258 e. The van der Waals surface area contributed by atoms with Gasteiger partial charge in [0.25, 0.3) is 0 Å². The molecule has 0 radical (unpaired) electrons. The summed E-state index contributed by atoms with van der Waals surface area (Å²) in [6.07, 6.45) is 1.59. The van der Waals surface area contributed by atoms with Crippen molar-refractivity contribution in [3.05, 3.63) is 29.6 Å². The number of rotatable bonds is 1. The average molecular weight is 151 g/mol. The Hall–Kier alpha value is -1.18. The summed E-state index contributed by atoms with van der Waals surface area (Å²) < 4.78 is 12.9. The van der Waals surface area contributed by atoms with E-state index in [9.17, 15) is 4.39 Å². The van der Waals surface area contributed by atoms with Crippen LogP contribution in [0.1, 0.15) is 12.5 Å². The van der Waals surface area contributed by atoms with Gasteiger partial charge in [0.15, 0.2) is 0 Å². The first-order valence-electron chi connectivity index (χ1n) is 3.49. The summed E-state index contributed by atoms with van der Waals surface area (Å²) >= 11 is 0. The fraction of sp³-hybridized carbons (Fsp3) is 0.222. The molecule has 0 amide bonds. The highest BCUT2D eigenvalue weighted by atomic mass is 19.1. The molecule has 0 heterocycles. The summed E-state index contributed by atoms with van der Waals surface area (Å²) in [5, 5.41) is 0. The molecule has 0 spiro atoms. The molecule has 0 unspecified atom stereocenters. The lowest BCUT2D eigenvalue weighted by Crippen LogP contribution is -1.79. The third-order valence-electron chi connectivity index (χ3n) is 1.45. The molecule has 1 aromatic carbocycles. The minimum absolute atomic E-state index is 0.261. The lowest BCUT2D eigenvalue weighted by atomic mass is 10.2. The number of para-hydroxylation sites is 1. The van der Waals surface area contributed by atoms with Crippen LogP contribution in [0.3, 0.4) is 0 Å². The van der Waals surface area contributed by atoms with E-state index in [2.05, 4.69) is 4.99 Å². The van der Waals surface area contributed by atoms with Gasteiger partial charge in [-0.15, -0.1) is 0 Å². The van der Waals surface area contributed by atoms with Crippen molar-refractivity contribution in [2.24, 2.45) is 4.99 Å². The molecule has 0 aliphatic heterocycles. The van der Waals surface area contributed by atoms with Gasteiger partial charge in [-0.25, -0.2) is 4.39 Å². The summed E-state index contributed by atoms with van der Waals surface area (Å²) in [4.78, 5) is 3.91. The van der Waals surface area contributed by atoms with Crippen LogP contribution in [-0.4, -0.2) is 6.21 Å². The first kappa shape index (κ1) is 7.92. The number of benzene rings is 1. The molecule has 0 aromatic heterocycles. The van der Waals surface area contributed by atoms with Crippen LogP contribution in [0.2, 0.25) is 0 Å². The molecule has 0 bridgehead atoms. The van der Waals surface area contributed by atoms with Gasteiger partial charge in [0.1, 0.15) is 11.5 Å². The molecular formula is C9H10FN. The lowest BCUT2D eigenvalue weighted by Gasteiger charge is -1.98. The SMILES string of the molecule is CC=Nc1c(C)cccc1F. The Morgan fingerprint density at radius 1 is 1.45 bits per heavy atom. The van der Waals surface area contributed by atoms with Crippen molar-refractivity contribution in [2.75, 3.05) is 0 Å². The van der Waals surface area contributed by atoms with Crippen LogP contribution in [0.4, 0.5) is 10.1 Å². The largest absolute Gasteiger partial charge is 0.258 e. The Kier molecular flexibility index (Phi) is 2.36. The van der Waals surface area contributed by atoms with E-state index >= 15 is 0 Å². The van der Waals surface area contributed by atoms with Crippen molar-refractivity contribution in [2.45, 2.75) is 13.8 Å². The maximum absolute atomic E-state index is 12.9. The minimum atomic E-state index is -0.261. The number of aryl methyl sites for hydroxylation is 1. The molecular weight excluding hydrogens is 141 g/mol. The Balaban J connectivity index is 3.20. The van der Waals surface area contributed by atoms with E-state index in [0.29, 0.717) is 5.69 Å². The zero-order valence-corrected chi connectivity index (χ0v) is 6.63. The van der Waals surface area contributed by atoms with Crippen LogP contribution in [0, 0.1) is 12.7 Å². The molecule has 0 fully saturated rings. The van der Waals surface area contributed by atoms with Crippen LogP contribution in [0.5, 0.6) is 0 Å². The number of hydrogen-bond acceptors (Lipinski definition) is 1. The average Bonchev–Trinajstić information content (AvgIpc) is 1.97. The standard InChI is InChI=1S/C9H10FN/c1-3-11-9-7(2)5-4-6-8(9)10/h3-6H,1-2H3. The van der Waals surface area contributed by atoms with Crippen molar-refractivity contribution in [1.82, 2.24) is 0 Å². The second-order valence-corrected chi connectivity index (χ2v) is 2.29. The molecule has 0 saturated carbocycles. The molecule has 11 heavy (non-hydrogen) atoms. The van der Waals surface area contributed by atoms with Crippen molar-refractivity contribution in [3.8, 4) is 0 Å². The Morgan fingerprint density at radius 2 is 2.18 bits per heavy atom. The van der Waals surface area contributed by atoms with Gasteiger partial charge in [0.05, 0.1) is 0 Å². The third-order valence-corrected chi connectivity index (χ3v) is 1.45. The van der Waals surface area contributed by atoms with Gasteiger partial charge in [-0.3, -0.25) is 4.99 Å². The monoisotopic (exact) mass is 151 g/mol. The molecule has 0 aliphatic rings. The zero-order chi connectivity index (χ0) is 8.27. The van der Waals surface area contributed by atoms with Gasteiger partial charge < -0.3 is 0 Å². The van der Waals surface area contributed by atoms with E-state index in [1.54, 1.807) is 19.2 Å². The van der Waals surface area contributed by atoms with Crippen molar-refractivity contribution >= 4 is 11.9 Å². The number of nitrogens with zero attached hydrogens (tertiary/aromatic N) is 1.